The number of ether oxygens (including phenoxy) is 2. The van der Waals surface area contributed by atoms with Gasteiger partial charge in [-0.1, -0.05) is 39.9 Å². The number of likely N-dealkylation sites (tertiary alicyclic amines) is 2. The van der Waals surface area contributed by atoms with Crippen molar-refractivity contribution in [2.24, 2.45) is 25.9 Å². The summed E-state index contributed by atoms with van der Waals surface area (Å²) in [6.07, 6.45) is 15.9. The summed E-state index contributed by atoms with van der Waals surface area (Å²) in [6.45, 7) is 14.1. The molecule has 0 unspecified atom stereocenters. The molecule has 2 aliphatic rings. The van der Waals surface area contributed by atoms with E-state index in [-0.39, 0.29) is 12.2 Å². The molecule has 2 aliphatic heterocycles. The van der Waals surface area contributed by atoms with E-state index in [1.165, 1.54) is 43.6 Å². The molecule has 0 aliphatic carbocycles. The molecule has 59 heavy (non-hydrogen) atoms. The minimum Gasteiger partial charge on any atom is -0.444 e. The summed E-state index contributed by atoms with van der Waals surface area (Å²) < 4.78 is 16.2. The number of hydrogen-bond acceptors (Lipinski definition) is 6. The highest BCUT2D eigenvalue weighted by atomic mass is 79.9. The Bertz CT molecular complexity index is 2560. The minimum absolute atomic E-state index is 0.223. The van der Waals surface area contributed by atoms with Crippen LogP contribution in [-0.4, -0.2) is 78.5 Å². The van der Waals surface area contributed by atoms with Crippen LogP contribution in [0.25, 0.3) is 43.6 Å². The number of carbonyl (C=O) groups excluding carboxylic acids is 2. The summed E-state index contributed by atoms with van der Waals surface area (Å²) >= 11 is 3.49. The van der Waals surface area contributed by atoms with Gasteiger partial charge in [0.15, 0.2) is 0 Å². The number of halogens is 1. The number of piperidine rings is 2. The van der Waals surface area contributed by atoms with Crippen LogP contribution in [0.3, 0.4) is 0 Å². The number of aryl methyl sites for hydroxylation is 2. The Morgan fingerprint density at radius 2 is 1.12 bits per heavy atom. The summed E-state index contributed by atoms with van der Waals surface area (Å²) in [6, 6.07) is 16.8. The Morgan fingerprint density at radius 1 is 0.661 bits per heavy atom. The molecular formula is C48H55BrN6O4. The van der Waals surface area contributed by atoms with Crippen molar-refractivity contribution in [3.05, 3.63) is 83.4 Å². The van der Waals surface area contributed by atoms with E-state index >= 15 is 0 Å². The second-order valence-electron chi connectivity index (χ2n) is 17.2. The number of benzene rings is 2. The van der Waals surface area contributed by atoms with Crippen molar-refractivity contribution in [2.45, 2.75) is 78.4 Å². The minimum atomic E-state index is -0.454. The van der Waals surface area contributed by atoms with Gasteiger partial charge >= 0.3 is 12.2 Å². The van der Waals surface area contributed by atoms with Crippen molar-refractivity contribution in [1.29, 1.82) is 0 Å². The predicted molar refractivity (Wildman–Crippen MR) is 241 cm³/mol. The largest absolute Gasteiger partial charge is 0.444 e. The lowest BCUT2D eigenvalue weighted by Crippen LogP contribution is -2.41. The molecule has 8 rings (SSSR count). The van der Waals surface area contributed by atoms with Crippen molar-refractivity contribution in [1.82, 2.24) is 28.9 Å². The van der Waals surface area contributed by atoms with Gasteiger partial charge in [0.05, 0.1) is 22.1 Å². The molecule has 308 valence electrons. The number of terminal acetylenes is 1. The van der Waals surface area contributed by atoms with Gasteiger partial charge in [-0.15, -0.1) is 12.3 Å². The van der Waals surface area contributed by atoms with E-state index in [4.69, 9.17) is 15.9 Å². The molecule has 2 fully saturated rings. The topological polar surface area (TPSA) is 94.7 Å². The van der Waals surface area contributed by atoms with E-state index in [1.54, 1.807) is 9.80 Å². The third-order valence-corrected chi connectivity index (χ3v) is 11.0. The normalized spacial score (nSPS) is 15.1. The molecule has 0 bridgehead atoms. The van der Waals surface area contributed by atoms with Crippen LogP contribution in [-0.2, 0) is 23.6 Å². The molecule has 2 aromatic carbocycles. The molecule has 0 radical (unpaired) electrons. The molecule has 0 atom stereocenters. The number of amides is 2. The molecule has 6 heterocycles. The maximum absolute atomic E-state index is 12.2. The molecule has 0 N–H and O–H groups in total. The van der Waals surface area contributed by atoms with Crippen molar-refractivity contribution >= 4 is 71.7 Å². The molecule has 2 saturated heterocycles. The number of aromatic nitrogens is 4. The van der Waals surface area contributed by atoms with Gasteiger partial charge in [-0.05, 0) is 104 Å². The van der Waals surface area contributed by atoms with Gasteiger partial charge in [0.2, 0.25) is 0 Å². The molecule has 0 saturated carbocycles. The van der Waals surface area contributed by atoms with E-state index < -0.39 is 11.2 Å². The summed E-state index contributed by atoms with van der Waals surface area (Å²) in [5.41, 5.74) is 4.94. The highest BCUT2D eigenvalue weighted by molar-refractivity contribution is 9.10. The van der Waals surface area contributed by atoms with Crippen molar-refractivity contribution < 1.29 is 19.1 Å². The second kappa shape index (κ2) is 18.2. The lowest BCUT2D eigenvalue weighted by Gasteiger charge is -2.31. The van der Waals surface area contributed by atoms with Gasteiger partial charge in [-0.25, -0.2) is 9.59 Å². The predicted octanol–water partition coefficient (Wildman–Crippen LogP) is 10.5. The number of fused-ring (bicyclic) bond motifs is 6. The number of carbonyl (C=O) groups is 2. The first kappa shape index (κ1) is 43.1. The van der Waals surface area contributed by atoms with Gasteiger partial charge in [0, 0.05) is 108 Å². The zero-order chi connectivity index (χ0) is 42.5. The summed E-state index contributed by atoms with van der Waals surface area (Å²) in [7, 11) is 4.16. The fourth-order valence-corrected chi connectivity index (χ4v) is 7.78. The SMILES string of the molecule is C#CC1CCN(C(=O)OC(C)(C)C)CC1.Cn1c2ccncc2c2ccc(Br)cc21.Cn1c2ccncc2c2ccc(C#CC3CCN(C(=O)OC(C)(C)C)CC3)cc21. The molecule has 11 heteroatoms. The van der Waals surface area contributed by atoms with Crippen LogP contribution in [0, 0.1) is 36.0 Å². The first-order valence-corrected chi connectivity index (χ1v) is 21.0. The fraction of sp³-hybridized carbons (Fsp3) is 0.417. The quantitative estimate of drug-likeness (QED) is 0.141. The highest BCUT2D eigenvalue weighted by Gasteiger charge is 2.27. The van der Waals surface area contributed by atoms with E-state index in [9.17, 15) is 9.59 Å². The highest BCUT2D eigenvalue weighted by Crippen LogP contribution is 2.30. The third kappa shape index (κ3) is 10.8. The van der Waals surface area contributed by atoms with Gasteiger partial charge in [0.1, 0.15) is 11.2 Å². The second-order valence-corrected chi connectivity index (χ2v) is 18.1. The van der Waals surface area contributed by atoms with E-state index in [1.807, 2.05) is 78.5 Å². The molecule has 6 aromatic rings. The average molecular weight is 860 g/mol. The zero-order valence-corrected chi connectivity index (χ0v) is 37.1. The summed E-state index contributed by atoms with van der Waals surface area (Å²) in [5, 5.41) is 4.83. The first-order chi connectivity index (χ1) is 28.0. The van der Waals surface area contributed by atoms with Crippen molar-refractivity contribution in [3.8, 4) is 24.2 Å². The Morgan fingerprint density at radius 3 is 1.59 bits per heavy atom. The summed E-state index contributed by atoms with van der Waals surface area (Å²) in [5.74, 6) is 10.1. The maximum Gasteiger partial charge on any atom is 0.410 e. The monoisotopic (exact) mass is 858 g/mol. The number of rotatable bonds is 0. The molecule has 0 spiro atoms. The van der Waals surface area contributed by atoms with E-state index in [0.717, 1.165) is 35.7 Å². The Balaban J connectivity index is 0.000000164. The lowest BCUT2D eigenvalue weighted by molar-refractivity contribution is 0.0189. The number of hydrogen-bond donors (Lipinski definition) is 0. The van der Waals surface area contributed by atoms with Crippen LogP contribution in [0.15, 0.2) is 77.8 Å². The van der Waals surface area contributed by atoms with Crippen molar-refractivity contribution in [2.75, 3.05) is 26.2 Å². The zero-order valence-electron chi connectivity index (χ0n) is 35.5. The number of nitrogens with zero attached hydrogens (tertiary/aromatic N) is 6. The van der Waals surface area contributed by atoms with Crippen molar-refractivity contribution in [3.63, 3.8) is 0 Å². The van der Waals surface area contributed by atoms with Crippen LogP contribution in [0.1, 0.15) is 72.8 Å². The Labute approximate surface area is 356 Å². The van der Waals surface area contributed by atoms with Gasteiger partial charge < -0.3 is 28.4 Å². The van der Waals surface area contributed by atoms with E-state index in [2.05, 4.69) is 103 Å². The molecule has 4 aromatic heterocycles. The van der Waals surface area contributed by atoms with Crippen LogP contribution >= 0.6 is 15.9 Å². The third-order valence-electron chi connectivity index (χ3n) is 10.5. The Kier molecular flexibility index (Phi) is 13.3. The van der Waals surface area contributed by atoms with Gasteiger partial charge in [-0.3, -0.25) is 9.97 Å². The van der Waals surface area contributed by atoms with Gasteiger partial charge in [0.25, 0.3) is 0 Å². The fourth-order valence-electron chi connectivity index (χ4n) is 7.43. The average Bonchev–Trinajstić information content (AvgIpc) is 3.65. The molecular weight excluding hydrogens is 804 g/mol. The van der Waals surface area contributed by atoms with Crippen LogP contribution in [0.2, 0.25) is 0 Å². The van der Waals surface area contributed by atoms with Crippen LogP contribution < -0.4 is 0 Å². The van der Waals surface area contributed by atoms with Crippen LogP contribution in [0.4, 0.5) is 9.59 Å². The standard InChI is InChI=1S/C24H27N3O2.C12H9BrN2.C12H19NO2/c1-24(2,3)29-23(28)27-13-10-17(11-14-27)5-6-18-7-8-19-20-16-25-12-9-21(20)26(4)22(19)15-18;1-15-11-4-5-14-7-10(11)9-3-2-8(13)6-12(9)15;1-5-10-6-8-13(9-7-10)11(14)15-12(2,3)4/h7-9,12,15-17H,10-11,13-14H2,1-4H3;2-7H,1H3;1,10H,6-9H2,2-4H3. The van der Waals surface area contributed by atoms with Crippen LogP contribution in [0.5, 0.6) is 0 Å². The van der Waals surface area contributed by atoms with E-state index in [0.29, 0.717) is 38.0 Å². The first-order valence-electron chi connectivity index (χ1n) is 20.2. The molecule has 2 amide bonds. The smallest absolute Gasteiger partial charge is 0.410 e. The van der Waals surface area contributed by atoms with Gasteiger partial charge in [-0.2, -0.15) is 0 Å². The molecule has 10 nitrogen and oxygen atoms in total. The lowest BCUT2D eigenvalue weighted by atomic mass is 9.97. The maximum atomic E-state index is 12.2. The number of pyridine rings is 2. The Hall–Kier alpha value is -5.52. The summed E-state index contributed by atoms with van der Waals surface area (Å²) in [4.78, 5) is 35.8.